The molecule has 66 valence electrons. The number of halogens is 1. The van der Waals surface area contributed by atoms with Gasteiger partial charge in [-0.05, 0) is 13.0 Å². The number of rotatable bonds is 1. The van der Waals surface area contributed by atoms with E-state index < -0.39 is 10.7 Å². The van der Waals surface area contributed by atoms with Crippen molar-refractivity contribution >= 4 is 5.69 Å². The zero-order valence-corrected chi connectivity index (χ0v) is 6.74. The molecule has 0 aliphatic rings. The Bertz CT molecular complexity index is 409. The number of hydrogen-bond donors (Lipinski definition) is 0. The first-order valence-electron chi connectivity index (χ1n) is 3.41. The average molecular weight is 180 g/mol. The summed E-state index contributed by atoms with van der Waals surface area (Å²) < 4.78 is 13.1. The van der Waals surface area contributed by atoms with E-state index in [1.807, 2.05) is 0 Å². The van der Waals surface area contributed by atoms with Crippen molar-refractivity contribution in [2.24, 2.45) is 0 Å². The van der Waals surface area contributed by atoms with E-state index >= 15 is 0 Å². The van der Waals surface area contributed by atoms with E-state index in [0.717, 1.165) is 12.1 Å². The molecule has 0 bridgehead atoms. The summed E-state index contributed by atoms with van der Waals surface area (Å²) in [7, 11) is 0. The Balaban J connectivity index is 3.42. The lowest BCUT2D eigenvalue weighted by Gasteiger charge is -1.98. The van der Waals surface area contributed by atoms with Gasteiger partial charge in [-0.3, -0.25) is 10.1 Å². The number of nitro benzene ring substituents is 1. The van der Waals surface area contributed by atoms with Gasteiger partial charge in [0.1, 0.15) is 6.07 Å². The van der Waals surface area contributed by atoms with Crippen molar-refractivity contribution in [1.82, 2.24) is 0 Å². The molecule has 4 nitrogen and oxygen atoms in total. The maximum Gasteiger partial charge on any atom is 0.275 e. The first-order valence-corrected chi connectivity index (χ1v) is 3.41. The molecular weight excluding hydrogens is 175 g/mol. The summed E-state index contributed by atoms with van der Waals surface area (Å²) in [5.74, 6) is -0.822. The van der Waals surface area contributed by atoms with Crippen molar-refractivity contribution in [3.05, 3.63) is 39.2 Å². The van der Waals surface area contributed by atoms with E-state index in [0.29, 0.717) is 0 Å². The van der Waals surface area contributed by atoms with E-state index in [4.69, 9.17) is 5.26 Å². The molecule has 0 heterocycles. The van der Waals surface area contributed by atoms with Gasteiger partial charge in [0, 0.05) is 6.07 Å². The van der Waals surface area contributed by atoms with Crippen LogP contribution < -0.4 is 0 Å². The third kappa shape index (κ3) is 1.47. The Kier molecular flexibility index (Phi) is 2.24. The second kappa shape index (κ2) is 3.19. The van der Waals surface area contributed by atoms with Crippen molar-refractivity contribution in [1.29, 1.82) is 5.26 Å². The summed E-state index contributed by atoms with van der Waals surface area (Å²) in [6.45, 7) is 1.27. The van der Waals surface area contributed by atoms with Gasteiger partial charge in [0.05, 0.1) is 16.1 Å². The number of nitrogens with zero attached hydrogens (tertiary/aromatic N) is 2. The Hall–Kier alpha value is -1.96. The average Bonchev–Trinajstić information content (AvgIpc) is 2.09. The summed E-state index contributed by atoms with van der Waals surface area (Å²) in [5, 5.41) is 18.7. The molecule has 0 amide bonds. The van der Waals surface area contributed by atoms with Crippen molar-refractivity contribution in [2.45, 2.75) is 6.92 Å². The predicted octanol–water partition coefficient (Wildman–Crippen LogP) is 1.91. The predicted molar refractivity (Wildman–Crippen MR) is 42.5 cm³/mol. The lowest BCUT2D eigenvalue weighted by atomic mass is 10.1. The molecule has 0 aliphatic carbocycles. The van der Waals surface area contributed by atoms with Crippen LogP contribution in [0.4, 0.5) is 10.1 Å². The highest BCUT2D eigenvalue weighted by Crippen LogP contribution is 2.22. The van der Waals surface area contributed by atoms with Gasteiger partial charge in [0.15, 0.2) is 5.82 Å². The molecule has 0 saturated heterocycles. The van der Waals surface area contributed by atoms with Gasteiger partial charge < -0.3 is 0 Å². The Morgan fingerprint density at radius 3 is 2.69 bits per heavy atom. The quantitative estimate of drug-likeness (QED) is 0.489. The van der Waals surface area contributed by atoms with E-state index in [9.17, 15) is 14.5 Å². The first kappa shape index (κ1) is 9.13. The summed E-state index contributed by atoms with van der Waals surface area (Å²) >= 11 is 0. The molecule has 0 fully saturated rings. The molecule has 1 aromatic carbocycles. The molecule has 0 N–H and O–H groups in total. The molecule has 1 rings (SSSR count). The highest BCUT2D eigenvalue weighted by Gasteiger charge is 2.16. The van der Waals surface area contributed by atoms with Crippen LogP contribution in [0.1, 0.15) is 11.1 Å². The van der Waals surface area contributed by atoms with Crippen LogP contribution in [0.5, 0.6) is 0 Å². The zero-order valence-electron chi connectivity index (χ0n) is 6.74. The van der Waals surface area contributed by atoms with Crippen molar-refractivity contribution in [2.75, 3.05) is 0 Å². The molecule has 0 spiro atoms. The molecule has 0 radical (unpaired) electrons. The highest BCUT2D eigenvalue weighted by atomic mass is 19.1. The number of nitro groups is 1. The molecule has 0 aromatic heterocycles. The Morgan fingerprint density at radius 1 is 1.62 bits per heavy atom. The zero-order chi connectivity index (χ0) is 10.0. The molecule has 0 unspecified atom stereocenters. The standard InChI is InChI=1S/C8H5FN2O2/c1-5-7(11(12)13)3-2-6(4-10)8(5)9/h2-3H,1H3. The fourth-order valence-electron chi connectivity index (χ4n) is 0.959. The smallest absolute Gasteiger partial charge is 0.258 e. The van der Waals surface area contributed by atoms with Crippen molar-refractivity contribution in [3.8, 4) is 6.07 Å². The van der Waals surface area contributed by atoms with E-state index in [2.05, 4.69) is 0 Å². The summed E-state index contributed by atoms with van der Waals surface area (Å²) in [5.41, 5.74) is -0.594. The van der Waals surface area contributed by atoms with Gasteiger partial charge >= 0.3 is 0 Å². The van der Waals surface area contributed by atoms with Gasteiger partial charge in [-0.15, -0.1) is 0 Å². The topological polar surface area (TPSA) is 66.9 Å². The van der Waals surface area contributed by atoms with Gasteiger partial charge in [0.25, 0.3) is 5.69 Å². The van der Waals surface area contributed by atoms with Crippen LogP contribution in [0.25, 0.3) is 0 Å². The fourth-order valence-corrected chi connectivity index (χ4v) is 0.959. The normalized spacial score (nSPS) is 9.31. The lowest BCUT2D eigenvalue weighted by molar-refractivity contribution is -0.385. The number of hydrogen-bond acceptors (Lipinski definition) is 3. The van der Waals surface area contributed by atoms with Gasteiger partial charge in [-0.25, -0.2) is 4.39 Å². The van der Waals surface area contributed by atoms with Crippen LogP contribution in [0.15, 0.2) is 12.1 Å². The van der Waals surface area contributed by atoms with Crippen LogP contribution in [0.3, 0.4) is 0 Å². The van der Waals surface area contributed by atoms with Crippen LogP contribution in [0.2, 0.25) is 0 Å². The summed E-state index contributed by atoms with van der Waals surface area (Å²) in [4.78, 5) is 9.65. The maximum atomic E-state index is 13.1. The Labute approximate surface area is 73.4 Å². The van der Waals surface area contributed by atoms with E-state index in [1.54, 1.807) is 6.07 Å². The monoisotopic (exact) mass is 180 g/mol. The SMILES string of the molecule is Cc1c([N+](=O)[O-])ccc(C#N)c1F. The molecule has 0 aliphatic heterocycles. The van der Waals surface area contributed by atoms with Crippen molar-refractivity contribution < 1.29 is 9.31 Å². The summed E-state index contributed by atoms with van der Waals surface area (Å²) in [6.07, 6.45) is 0. The second-order valence-corrected chi connectivity index (χ2v) is 2.44. The second-order valence-electron chi connectivity index (χ2n) is 2.44. The minimum atomic E-state index is -0.822. The van der Waals surface area contributed by atoms with Gasteiger partial charge in [-0.1, -0.05) is 0 Å². The first-order chi connectivity index (χ1) is 6.07. The number of benzene rings is 1. The molecule has 0 saturated carbocycles. The third-order valence-electron chi connectivity index (χ3n) is 1.67. The van der Waals surface area contributed by atoms with Crippen LogP contribution >= 0.6 is 0 Å². The maximum absolute atomic E-state index is 13.1. The number of nitriles is 1. The fraction of sp³-hybridized carbons (Fsp3) is 0.125. The van der Waals surface area contributed by atoms with E-state index in [1.165, 1.54) is 6.92 Å². The molecular formula is C8H5FN2O2. The Morgan fingerprint density at radius 2 is 2.23 bits per heavy atom. The van der Waals surface area contributed by atoms with Gasteiger partial charge in [-0.2, -0.15) is 5.26 Å². The molecule has 0 atom stereocenters. The lowest BCUT2D eigenvalue weighted by Crippen LogP contribution is -1.96. The van der Waals surface area contributed by atoms with Crippen LogP contribution in [0, 0.1) is 34.2 Å². The largest absolute Gasteiger partial charge is 0.275 e. The minimum Gasteiger partial charge on any atom is -0.258 e. The van der Waals surface area contributed by atoms with Crippen LogP contribution in [-0.2, 0) is 0 Å². The third-order valence-corrected chi connectivity index (χ3v) is 1.67. The molecule has 13 heavy (non-hydrogen) atoms. The molecule has 5 heteroatoms. The highest BCUT2D eigenvalue weighted by molar-refractivity contribution is 5.46. The summed E-state index contributed by atoms with van der Waals surface area (Å²) in [6, 6.07) is 3.82. The minimum absolute atomic E-state index is 0.107. The van der Waals surface area contributed by atoms with Crippen LogP contribution in [-0.4, -0.2) is 4.92 Å². The van der Waals surface area contributed by atoms with Crippen molar-refractivity contribution in [3.63, 3.8) is 0 Å². The molecule has 1 aromatic rings. The van der Waals surface area contributed by atoms with Gasteiger partial charge in [0.2, 0.25) is 0 Å². The van der Waals surface area contributed by atoms with E-state index in [-0.39, 0.29) is 16.8 Å².